The molecule has 2 bridgehead atoms. The molecular formula is C31H31N3O. The van der Waals surface area contributed by atoms with Gasteiger partial charge >= 0.3 is 0 Å². The number of para-hydroxylation sites is 1. The lowest BCUT2D eigenvalue weighted by molar-refractivity contribution is 0.0796. The van der Waals surface area contributed by atoms with E-state index in [-0.39, 0.29) is 5.41 Å². The first-order valence-corrected chi connectivity index (χ1v) is 13.0. The molecule has 1 saturated carbocycles. The minimum Gasteiger partial charge on any atom is -0.506 e. The summed E-state index contributed by atoms with van der Waals surface area (Å²) in [6.07, 6.45) is 9.24. The van der Waals surface area contributed by atoms with Crippen LogP contribution in [0.2, 0.25) is 0 Å². The Balaban J connectivity index is 1.41. The topological polar surface area (TPSA) is 48.4 Å². The van der Waals surface area contributed by atoms with Gasteiger partial charge in [-0.25, -0.2) is 0 Å². The van der Waals surface area contributed by atoms with Crippen LogP contribution in [0.5, 0.6) is 5.75 Å². The number of aromatic hydroxyl groups is 1. The first-order valence-electron chi connectivity index (χ1n) is 13.0. The molecule has 35 heavy (non-hydrogen) atoms. The van der Waals surface area contributed by atoms with E-state index in [0.29, 0.717) is 17.7 Å². The minimum absolute atomic E-state index is 0.226. The van der Waals surface area contributed by atoms with Crippen molar-refractivity contribution in [2.45, 2.75) is 50.0 Å². The van der Waals surface area contributed by atoms with E-state index in [1.807, 2.05) is 18.3 Å². The Bertz CT molecular complexity index is 1400. The Morgan fingerprint density at radius 1 is 0.914 bits per heavy atom. The molecule has 0 unspecified atom stereocenters. The molecule has 0 amide bonds. The maximum absolute atomic E-state index is 11.6. The van der Waals surface area contributed by atoms with Gasteiger partial charge < -0.3 is 15.3 Å². The fourth-order valence-corrected chi connectivity index (χ4v) is 7.34. The van der Waals surface area contributed by atoms with E-state index >= 15 is 0 Å². The Morgan fingerprint density at radius 2 is 1.83 bits per heavy atom. The van der Waals surface area contributed by atoms with E-state index in [2.05, 4.69) is 75.9 Å². The predicted molar refractivity (Wildman–Crippen MR) is 142 cm³/mol. The molecule has 2 fully saturated rings. The summed E-state index contributed by atoms with van der Waals surface area (Å²) in [7, 11) is 0. The van der Waals surface area contributed by atoms with Crippen molar-refractivity contribution < 1.29 is 5.11 Å². The van der Waals surface area contributed by atoms with E-state index in [9.17, 15) is 5.11 Å². The number of aromatic nitrogens is 1. The fraction of sp³-hybridized carbons (Fsp3) is 0.323. The van der Waals surface area contributed by atoms with Gasteiger partial charge in [0.15, 0.2) is 0 Å². The summed E-state index contributed by atoms with van der Waals surface area (Å²) in [6, 6.07) is 25.7. The maximum atomic E-state index is 11.6. The van der Waals surface area contributed by atoms with Gasteiger partial charge in [0.05, 0.1) is 11.2 Å². The van der Waals surface area contributed by atoms with Crippen molar-refractivity contribution in [2.75, 3.05) is 11.4 Å². The number of fused-ring (bicyclic) bond motifs is 2. The van der Waals surface area contributed by atoms with Crippen LogP contribution in [0.15, 0.2) is 79.0 Å². The van der Waals surface area contributed by atoms with E-state index in [4.69, 9.17) is 0 Å². The van der Waals surface area contributed by atoms with Crippen molar-refractivity contribution in [3.05, 3.63) is 90.1 Å². The van der Waals surface area contributed by atoms with Gasteiger partial charge in [0.1, 0.15) is 5.75 Å². The lowest BCUT2D eigenvalue weighted by Gasteiger charge is -2.56. The van der Waals surface area contributed by atoms with Crippen LogP contribution < -0.4 is 10.2 Å². The first kappa shape index (κ1) is 21.0. The monoisotopic (exact) mass is 461 g/mol. The predicted octanol–water partition coefficient (Wildman–Crippen LogP) is 6.76. The van der Waals surface area contributed by atoms with Crippen molar-refractivity contribution in [3.63, 3.8) is 0 Å². The highest BCUT2D eigenvalue weighted by Gasteiger charge is 2.51. The molecule has 1 saturated heterocycles. The quantitative estimate of drug-likeness (QED) is 0.354. The fourth-order valence-electron chi connectivity index (χ4n) is 7.34. The van der Waals surface area contributed by atoms with Gasteiger partial charge in [-0.15, -0.1) is 0 Å². The maximum Gasteiger partial charge on any atom is 0.139 e. The van der Waals surface area contributed by atoms with Gasteiger partial charge in [-0.05, 0) is 97.8 Å². The van der Waals surface area contributed by atoms with Gasteiger partial charge in [-0.1, -0.05) is 37.1 Å². The Kier molecular flexibility index (Phi) is 4.85. The van der Waals surface area contributed by atoms with Crippen LogP contribution in [-0.4, -0.2) is 22.7 Å². The van der Waals surface area contributed by atoms with Gasteiger partial charge in [-0.2, -0.15) is 0 Å². The van der Waals surface area contributed by atoms with Crippen LogP contribution in [0.4, 0.5) is 17.1 Å². The van der Waals surface area contributed by atoms with Crippen molar-refractivity contribution in [3.8, 4) is 5.75 Å². The third-order valence-electron chi connectivity index (χ3n) is 8.84. The van der Waals surface area contributed by atoms with Crippen LogP contribution in [-0.2, 0) is 11.8 Å². The highest BCUT2D eigenvalue weighted by atomic mass is 16.3. The first-order chi connectivity index (χ1) is 17.2. The van der Waals surface area contributed by atoms with Crippen LogP contribution >= 0.6 is 0 Å². The number of piperidine rings is 1. The largest absolute Gasteiger partial charge is 0.506 e. The molecule has 3 aliphatic rings. The number of pyridine rings is 1. The Hall–Kier alpha value is -3.37. The second-order valence-electron chi connectivity index (χ2n) is 10.6. The number of phenolic OH excluding ortho intramolecular Hbond substituents is 1. The average molecular weight is 462 g/mol. The number of hydrogen-bond donors (Lipinski definition) is 2. The molecule has 7 rings (SSSR count). The van der Waals surface area contributed by atoms with Crippen molar-refractivity contribution >= 4 is 28.0 Å². The number of anilines is 3. The summed E-state index contributed by atoms with van der Waals surface area (Å²) < 4.78 is 0. The summed E-state index contributed by atoms with van der Waals surface area (Å²) in [5.41, 5.74) is 6.92. The SMILES string of the molecule is Oc1cc2c(cc1N(c1ccccc1)c1ccc3ncccc3c1)C[C@H]1NCC[C@@]23CCCC[C@@H]13. The molecular weight excluding hydrogens is 430 g/mol. The third-order valence-corrected chi connectivity index (χ3v) is 8.84. The van der Waals surface area contributed by atoms with Crippen LogP contribution in [0.25, 0.3) is 10.9 Å². The summed E-state index contributed by atoms with van der Waals surface area (Å²) in [6.45, 7) is 1.09. The highest BCUT2D eigenvalue weighted by Crippen LogP contribution is 2.56. The van der Waals surface area contributed by atoms with Crippen molar-refractivity contribution in [1.82, 2.24) is 10.3 Å². The number of hydrogen-bond acceptors (Lipinski definition) is 4. The van der Waals surface area contributed by atoms with E-state index in [1.54, 1.807) is 0 Å². The molecule has 1 aromatic heterocycles. The zero-order chi connectivity index (χ0) is 23.4. The molecule has 3 atom stereocenters. The van der Waals surface area contributed by atoms with Crippen LogP contribution in [0, 0.1) is 5.92 Å². The van der Waals surface area contributed by atoms with Gasteiger partial charge in [0, 0.05) is 34.4 Å². The second kappa shape index (κ2) is 8.10. The lowest BCUT2D eigenvalue weighted by Crippen LogP contribution is -2.59. The van der Waals surface area contributed by atoms with Crippen LogP contribution in [0.1, 0.15) is 43.2 Å². The number of nitrogens with zero attached hydrogens (tertiary/aromatic N) is 2. The summed E-state index contributed by atoms with van der Waals surface area (Å²) in [4.78, 5) is 6.69. The number of phenols is 1. The summed E-state index contributed by atoms with van der Waals surface area (Å²) >= 11 is 0. The van der Waals surface area contributed by atoms with Crippen molar-refractivity contribution in [1.29, 1.82) is 0 Å². The summed E-state index contributed by atoms with van der Waals surface area (Å²) in [5, 5.41) is 16.5. The molecule has 2 heterocycles. The van der Waals surface area contributed by atoms with E-state index < -0.39 is 0 Å². The molecule has 3 aromatic carbocycles. The molecule has 176 valence electrons. The van der Waals surface area contributed by atoms with Crippen molar-refractivity contribution in [2.24, 2.45) is 5.92 Å². The molecule has 4 heteroatoms. The lowest BCUT2D eigenvalue weighted by atomic mass is 9.53. The highest BCUT2D eigenvalue weighted by molar-refractivity contribution is 5.88. The molecule has 1 aliphatic heterocycles. The Labute approximate surface area is 206 Å². The normalized spacial score (nSPS) is 25.0. The number of benzene rings is 3. The van der Waals surface area contributed by atoms with Gasteiger partial charge in [0.2, 0.25) is 0 Å². The number of nitrogens with one attached hydrogen (secondary N) is 1. The molecule has 2 N–H and O–H groups in total. The van der Waals surface area contributed by atoms with Gasteiger partial charge in [-0.3, -0.25) is 4.98 Å². The second-order valence-corrected chi connectivity index (χ2v) is 10.6. The molecule has 4 nitrogen and oxygen atoms in total. The molecule has 0 radical (unpaired) electrons. The molecule has 4 aromatic rings. The zero-order valence-corrected chi connectivity index (χ0v) is 20.0. The molecule has 0 spiro atoms. The third kappa shape index (κ3) is 3.27. The standard InChI is InChI=1S/C31H31N3O/c35-30-20-26-22(18-28-25-10-4-5-13-31(25,26)14-16-33-28)19-29(30)34(23-8-2-1-3-9-23)24-11-12-27-21(17-24)7-6-15-32-27/h1-3,6-9,11-12,15,17,19-20,25,28,33,35H,4-5,10,13-14,16,18H2/t25-,28+,31+/m0/s1. The summed E-state index contributed by atoms with van der Waals surface area (Å²) in [5.74, 6) is 1.07. The van der Waals surface area contributed by atoms with Gasteiger partial charge in [0.25, 0.3) is 0 Å². The average Bonchev–Trinajstić information content (AvgIpc) is 2.90. The molecule has 2 aliphatic carbocycles. The minimum atomic E-state index is 0.226. The smallest absolute Gasteiger partial charge is 0.139 e. The van der Waals surface area contributed by atoms with E-state index in [1.165, 1.54) is 43.2 Å². The Morgan fingerprint density at radius 3 is 2.74 bits per heavy atom. The zero-order valence-electron chi connectivity index (χ0n) is 20.0. The van der Waals surface area contributed by atoms with Crippen LogP contribution in [0.3, 0.4) is 0 Å². The number of rotatable bonds is 3. The van der Waals surface area contributed by atoms with E-state index in [0.717, 1.165) is 40.9 Å².